The van der Waals surface area contributed by atoms with Gasteiger partial charge in [0.25, 0.3) is 0 Å². The number of aromatic nitrogens is 1. The zero-order valence-electron chi connectivity index (χ0n) is 12.9. The predicted octanol–water partition coefficient (Wildman–Crippen LogP) is 4.01. The zero-order chi connectivity index (χ0) is 16.7. The molecule has 0 saturated carbocycles. The van der Waals surface area contributed by atoms with E-state index >= 15 is 0 Å². The molecule has 1 aliphatic heterocycles. The van der Waals surface area contributed by atoms with Crippen molar-refractivity contribution in [3.8, 4) is 11.5 Å². The first-order chi connectivity index (χ1) is 11.6. The van der Waals surface area contributed by atoms with Crippen LogP contribution in [-0.4, -0.2) is 16.6 Å². The Balaban J connectivity index is 1.75. The topological polar surface area (TPSA) is 67.5 Å². The average molecular weight is 340 g/mol. The van der Waals surface area contributed by atoms with Crippen molar-refractivity contribution >= 4 is 34.3 Å². The van der Waals surface area contributed by atoms with E-state index in [-0.39, 0.29) is 11.8 Å². The number of halogens is 1. The van der Waals surface area contributed by atoms with Gasteiger partial charge in [0, 0.05) is 28.5 Å². The molecule has 3 aromatic rings. The number of benzene rings is 2. The van der Waals surface area contributed by atoms with E-state index in [1.807, 2.05) is 49.4 Å². The normalized spacial score (nSPS) is 17.7. The van der Waals surface area contributed by atoms with E-state index < -0.39 is 0 Å². The first-order valence-corrected chi connectivity index (χ1v) is 8.01. The van der Waals surface area contributed by atoms with Gasteiger partial charge in [0.2, 0.25) is 11.8 Å². The SMILES string of the molecule is CC1CC(=O)NN=C1c1ccc2nc(-c3cccc(Cl)c3)oc2c1. The highest BCUT2D eigenvalue weighted by Crippen LogP contribution is 2.28. The van der Waals surface area contributed by atoms with Gasteiger partial charge in [-0.25, -0.2) is 10.4 Å². The lowest BCUT2D eigenvalue weighted by Gasteiger charge is -2.18. The number of hydrazone groups is 1. The summed E-state index contributed by atoms with van der Waals surface area (Å²) < 4.78 is 5.88. The minimum absolute atomic E-state index is 0.0600. The highest BCUT2D eigenvalue weighted by molar-refractivity contribution is 6.30. The number of fused-ring (bicyclic) bond motifs is 1. The summed E-state index contributed by atoms with van der Waals surface area (Å²) in [4.78, 5) is 15.9. The van der Waals surface area contributed by atoms with Crippen molar-refractivity contribution in [2.24, 2.45) is 11.0 Å². The van der Waals surface area contributed by atoms with Crippen molar-refractivity contribution in [2.45, 2.75) is 13.3 Å². The lowest BCUT2D eigenvalue weighted by Crippen LogP contribution is -2.31. The Morgan fingerprint density at radius 3 is 2.88 bits per heavy atom. The fraction of sp³-hybridized carbons (Fsp3) is 0.167. The monoisotopic (exact) mass is 339 g/mol. The van der Waals surface area contributed by atoms with Gasteiger partial charge in [0.05, 0.1) is 5.71 Å². The van der Waals surface area contributed by atoms with E-state index in [0.717, 1.165) is 22.4 Å². The van der Waals surface area contributed by atoms with Crippen LogP contribution >= 0.6 is 11.6 Å². The molecule has 4 rings (SSSR count). The number of nitrogens with zero attached hydrogens (tertiary/aromatic N) is 2. The molecule has 2 aromatic carbocycles. The van der Waals surface area contributed by atoms with Gasteiger partial charge >= 0.3 is 0 Å². The summed E-state index contributed by atoms with van der Waals surface area (Å²) in [6.45, 7) is 1.99. The van der Waals surface area contributed by atoms with E-state index in [2.05, 4.69) is 15.5 Å². The van der Waals surface area contributed by atoms with E-state index in [1.165, 1.54) is 0 Å². The van der Waals surface area contributed by atoms with E-state index in [9.17, 15) is 4.79 Å². The Morgan fingerprint density at radius 1 is 1.21 bits per heavy atom. The quantitative estimate of drug-likeness (QED) is 0.767. The summed E-state index contributed by atoms with van der Waals surface area (Å²) in [6.07, 6.45) is 0.432. The number of nitrogens with one attached hydrogen (secondary N) is 1. The van der Waals surface area contributed by atoms with Crippen LogP contribution in [0.25, 0.3) is 22.6 Å². The summed E-state index contributed by atoms with van der Waals surface area (Å²) in [5, 5.41) is 4.82. The van der Waals surface area contributed by atoms with Crippen LogP contribution < -0.4 is 5.43 Å². The second-order valence-electron chi connectivity index (χ2n) is 5.85. The van der Waals surface area contributed by atoms with Crippen LogP contribution in [0.2, 0.25) is 5.02 Å². The molecule has 1 atom stereocenters. The largest absolute Gasteiger partial charge is 0.436 e. The highest BCUT2D eigenvalue weighted by atomic mass is 35.5. The fourth-order valence-corrected chi connectivity index (χ4v) is 3.02. The molecule has 0 saturated heterocycles. The van der Waals surface area contributed by atoms with Crippen molar-refractivity contribution in [3.63, 3.8) is 0 Å². The van der Waals surface area contributed by atoms with Crippen LogP contribution in [0.15, 0.2) is 52.0 Å². The molecule has 0 aliphatic carbocycles. The number of hydrogen-bond acceptors (Lipinski definition) is 4. The molecule has 1 N–H and O–H groups in total. The first-order valence-electron chi connectivity index (χ1n) is 7.63. The van der Waals surface area contributed by atoms with Crippen molar-refractivity contribution in [1.82, 2.24) is 10.4 Å². The Labute approximate surface area is 143 Å². The van der Waals surface area contributed by atoms with Gasteiger partial charge in [-0.3, -0.25) is 4.79 Å². The van der Waals surface area contributed by atoms with Crippen molar-refractivity contribution < 1.29 is 9.21 Å². The highest BCUT2D eigenvalue weighted by Gasteiger charge is 2.22. The Morgan fingerprint density at radius 2 is 2.08 bits per heavy atom. The molecule has 0 radical (unpaired) electrons. The number of carbonyl (C=O) groups excluding carboxylic acids is 1. The fourth-order valence-electron chi connectivity index (χ4n) is 2.83. The number of oxazole rings is 1. The molecule has 1 amide bonds. The average Bonchev–Trinajstić information content (AvgIpc) is 2.98. The molecular formula is C18H14ClN3O2. The molecule has 0 spiro atoms. The third-order valence-corrected chi connectivity index (χ3v) is 4.25. The summed E-state index contributed by atoms with van der Waals surface area (Å²) >= 11 is 6.03. The summed E-state index contributed by atoms with van der Waals surface area (Å²) in [5.41, 5.74) is 6.57. The van der Waals surface area contributed by atoms with Gasteiger partial charge < -0.3 is 4.42 Å². The molecule has 5 nitrogen and oxygen atoms in total. The van der Waals surface area contributed by atoms with Gasteiger partial charge in [-0.05, 0) is 30.3 Å². The van der Waals surface area contributed by atoms with Crippen LogP contribution in [0.4, 0.5) is 0 Å². The molecule has 6 heteroatoms. The lowest BCUT2D eigenvalue weighted by molar-refractivity contribution is -0.121. The summed E-state index contributed by atoms with van der Waals surface area (Å²) in [5.74, 6) is 0.526. The van der Waals surface area contributed by atoms with E-state index in [1.54, 1.807) is 0 Å². The van der Waals surface area contributed by atoms with Crippen molar-refractivity contribution in [2.75, 3.05) is 0 Å². The van der Waals surface area contributed by atoms with Crippen LogP contribution in [0.5, 0.6) is 0 Å². The molecule has 0 bridgehead atoms. The van der Waals surface area contributed by atoms with Crippen LogP contribution in [0.3, 0.4) is 0 Å². The number of rotatable bonds is 2. The molecule has 0 fully saturated rings. The van der Waals surface area contributed by atoms with Crippen LogP contribution in [0, 0.1) is 5.92 Å². The number of carbonyl (C=O) groups is 1. The number of hydrogen-bond donors (Lipinski definition) is 1. The van der Waals surface area contributed by atoms with Gasteiger partial charge in [0.1, 0.15) is 5.52 Å². The Hall–Kier alpha value is -2.66. The minimum atomic E-state index is -0.0600. The maximum atomic E-state index is 11.4. The summed E-state index contributed by atoms with van der Waals surface area (Å²) in [6, 6.07) is 13.1. The third-order valence-electron chi connectivity index (χ3n) is 4.02. The van der Waals surface area contributed by atoms with Crippen LogP contribution in [0.1, 0.15) is 18.9 Å². The third kappa shape index (κ3) is 2.67. The van der Waals surface area contributed by atoms with Gasteiger partial charge in [-0.1, -0.05) is 30.7 Å². The summed E-state index contributed by atoms with van der Waals surface area (Å²) in [7, 11) is 0. The molecule has 120 valence electrons. The van der Waals surface area contributed by atoms with E-state index in [0.29, 0.717) is 22.9 Å². The van der Waals surface area contributed by atoms with Crippen molar-refractivity contribution in [1.29, 1.82) is 0 Å². The molecule has 2 heterocycles. The maximum Gasteiger partial charge on any atom is 0.240 e. The van der Waals surface area contributed by atoms with E-state index in [4.69, 9.17) is 16.0 Å². The Bertz CT molecular complexity index is 977. The second kappa shape index (κ2) is 5.76. The minimum Gasteiger partial charge on any atom is -0.436 e. The first kappa shape index (κ1) is 14.9. The number of amides is 1. The Kier molecular flexibility index (Phi) is 3.58. The zero-order valence-corrected chi connectivity index (χ0v) is 13.7. The maximum absolute atomic E-state index is 11.4. The predicted molar refractivity (Wildman–Crippen MR) is 92.9 cm³/mol. The standard InChI is InChI=1S/C18H14ClN3O2/c1-10-7-16(23)21-22-17(10)11-5-6-14-15(9-11)24-18(20-14)12-3-2-4-13(19)8-12/h2-6,8-10H,7H2,1H3,(H,21,23). The second-order valence-corrected chi connectivity index (χ2v) is 6.29. The van der Waals surface area contributed by atoms with Gasteiger partial charge in [0.15, 0.2) is 5.58 Å². The molecule has 24 heavy (non-hydrogen) atoms. The van der Waals surface area contributed by atoms with Gasteiger partial charge in [-0.2, -0.15) is 5.10 Å². The molecule has 1 unspecified atom stereocenters. The van der Waals surface area contributed by atoms with Gasteiger partial charge in [-0.15, -0.1) is 0 Å². The smallest absolute Gasteiger partial charge is 0.240 e. The van der Waals surface area contributed by atoms with Crippen molar-refractivity contribution in [3.05, 3.63) is 53.1 Å². The van der Waals surface area contributed by atoms with Crippen LogP contribution in [-0.2, 0) is 4.79 Å². The molecule has 1 aromatic heterocycles. The lowest BCUT2D eigenvalue weighted by atomic mass is 9.94. The molecular weight excluding hydrogens is 326 g/mol. The molecule has 1 aliphatic rings.